The normalized spacial score (nSPS) is 17.4. The highest BCUT2D eigenvalue weighted by atomic mass is 32.1. The minimum absolute atomic E-state index is 1.14. The van der Waals surface area contributed by atoms with Crippen LogP contribution in [0, 0.1) is 0 Å². The molecule has 0 atom stereocenters. The summed E-state index contributed by atoms with van der Waals surface area (Å²) >= 11 is 1.27. The van der Waals surface area contributed by atoms with Gasteiger partial charge in [0.25, 0.3) is 0 Å². The summed E-state index contributed by atoms with van der Waals surface area (Å²) in [7, 11) is 0. The van der Waals surface area contributed by atoms with Crippen molar-refractivity contribution >= 4 is 23.1 Å². The molecule has 1 heterocycles. The second-order valence-electron chi connectivity index (χ2n) is 1.55. The quantitative estimate of drug-likeness (QED) is 0.405. The van der Waals surface area contributed by atoms with E-state index in [4.69, 9.17) is 0 Å². The van der Waals surface area contributed by atoms with Crippen molar-refractivity contribution in [3.8, 4) is 0 Å². The molecule has 0 aliphatic carbocycles. The molecular weight excluding hydrogens is 118 g/mol. The average molecular weight is 127 g/mol. The summed E-state index contributed by atoms with van der Waals surface area (Å²) in [6.45, 7) is 2.16. The molecule has 0 aromatic heterocycles. The van der Waals surface area contributed by atoms with Crippen molar-refractivity contribution in [3.05, 3.63) is 11.0 Å². The van der Waals surface area contributed by atoms with Gasteiger partial charge in [-0.25, -0.2) is 0 Å². The van der Waals surface area contributed by atoms with Gasteiger partial charge in [0.15, 0.2) is 0 Å². The van der Waals surface area contributed by atoms with Crippen LogP contribution in [0.4, 0.5) is 0 Å². The Morgan fingerprint density at radius 2 is 2.62 bits per heavy atom. The van der Waals surface area contributed by atoms with Crippen molar-refractivity contribution in [1.29, 1.82) is 0 Å². The van der Waals surface area contributed by atoms with Crippen LogP contribution in [0.1, 0.15) is 13.3 Å². The number of allylic oxidation sites excluding steroid dienone is 2. The Morgan fingerprint density at radius 1 is 1.75 bits per heavy atom. The van der Waals surface area contributed by atoms with Gasteiger partial charge in [-0.15, -0.1) is 0 Å². The van der Waals surface area contributed by atoms with Gasteiger partial charge in [-0.2, -0.15) is 11.4 Å². The fourth-order valence-corrected chi connectivity index (χ4v) is 1.15. The molecule has 0 spiro atoms. The van der Waals surface area contributed by atoms with Crippen molar-refractivity contribution in [2.24, 2.45) is 4.99 Å². The van der Waals surface area contributed by atoms with Crippen LogP contribution < -0.4 is 0 Å². The summed E-state index contributed by atoms with van der Waals surface area (Å²) in [6.07, 6.45) is 5.06. The largest absolute Gasteiger partial charge is 0.259 e. The maximum atomic E-state index is 3.94. The van der Waals surface area contributed by atoms with Crippen LogP contribution in [0.5, 0.6) is 0 Å². The third-order valence-electron chi connectivity index (χ3n) is 1.01. The lowest BCUT2D eigenvalue weighted by Gasteiger charge is -1.95. The standard InChI is InChI=1S/C6H9NS/c1-2-6-3-4-7-5-8-6/h3-5,8H,2H2,1H3. The maximum absolute atomic E-state index is 3.94. The fraction of sp³-hybridized carbons (Fsp3) is 0.333. The van der Waals surface area contributed by atoms with Gasteiger partial charge in [0.1, 0.15) is 0 Å². The van der Waals surface area contributed by atoms with Crippen LogP contribution in [0.2, 0.25) is 0 Å². The van der Waals surface area contributed by atoms with E-state index in [1.807, 2.05) is 11.7 Å². The molecule has 1 nitrogen and oxygen atoms in total. The molecule has 1 aliphatic rings. The summed E-state index contributed by atoms with van der Waals surface area (Å²) in [6, 6.07) is 0. The predicted octanol–water partition coefficient (Wildman–Crippen LogP) is 1.59. The molecule has 0 saturated heterocycles. The highest BCUT2D eigenvalue weighted by molar-refractivity contribution is 8.01. The number of rotatable bonds is 1. The molecule has 0 aromatic rings. The van der Waals surface area contributed by atoms with Gasteiger partial charge in [-0.3, -0.25) is 4.99 Å². The minimum Gasteiger partial charge on any atom is -0.259 e. The highest BCUT2D eigenvalue weighted by Crippen LogP contribution is 2.10. The third kappa shape index (κ3) is 1.30. The van der Waals surface area contributed by atoms with Crippen molar-refractivity contribution in [2.75, 3.05) is 0 Å². The Kier molecular flexibility index (Phi) is 2.03. The first kappa shape index (κ1) is 5.76. The predicted molar refractivity (Wildman–Crippen MR) is 41.9 cm³/mol. The van der Waals surface area contributed by atoms with Gasteiger partial charge in [-0.05, 0) is 17.4 Å². The molecule has 0 radical (unpaired) electrons. The summed E-state index contributed by atoms with van der Waals surface area (Å²) in [4.78, 5) is 5.38. The molecule has 1 aliphatic heterocycles. The third-order valence-corrected chi connectivity index (χ3v) is 2.05. The van der Waals surface area contributed by atoms with Crippen LogP contribution in [0.3, 0.4) is 0 Å². The van der Waals surface area contributed by atoms with Crippen LogP contribution in [0.25, 0.3) is 0 Å². The monoisotopic (exact) mass is 127 g/mol. The highest BCUT2D eigenvalue weighted by Gasteiger charge is 1.85. The van der Waals surface area contributed by atoms with Crippen molar-refractivity contribution in [3.63, 3.8) is 0 Å². The van der Waals surface area contributed by atoms with Gasteiger partial charge in [0, 0.05) is 6.21 Å². The van der Waals surface area contributed by atoms with Gasteiger partial charge >= 0.3 is 0 Å². The van der Waals surface area contributed by atoms with E-state index in [0.717, 1.165) is 6.42 Å². The molecule has 2 heteroatoms. The molecular formula is C6H9NS. The van der Waals surface area contributed by atoms with Crippen LogP contribution in [0.15, 0.2) is 16.0 Å². The molecule has 1 rings (SSSR count). The molecule has 0 aromatic carbocycles. The summed E-state index contributed by atoms with van der Waals surface area (Å²) in [5.74, 6) is 0. The van der Waals surface area contributed by atoms with Crippen molar-refractivity contribution in [1.82, 2.24) is 0 Å². The van der Waals surface area contributed by atoms with E-state index < -0.39 is 0 Å². The molecule has 8 heavy (non-hydrogen) atoms. The minimum atomic E-state index is 1.14. The first-order chi connectivity index (χ1) is 3.93. The number of aliphatic imine (C=N–C) groups is 1. The van der Waals surface area contributed by atoms with Crippen LogP contribution in [-0.2, 0) is 0 Å². The van der Waals surface area contributed by atoms with E-state index in [0.29, 0.717) is 0 Å². The zero-order valence-electron chi connectivity index (χ0n) is 4.83. The lowest BCUT2D eigenvalue weighted by Crippen LogP contribution is -1.78. The second-order valence-corrected chi connectivity index (χ2v) is 2.62. The lowest BCUT2D eigenvalue weighted by atomic mass is 10.4. The molecule has 0 bridgehead atoms. The first-order valence-corrected chi connectivity index (χ1v) is 3.64. The summed E-state index contributed by atoms with van der Waals surface area (Å²) < 4.78 is 0. The van der Waals surface area contributed by atoms with Crippen LogP contribution >= 0.6 is 11.4 Å². The lowest BCUT2D eigenvalue weighted by molar-refractivity contribution is 1.21. The molecule has 0 saturated carbocycles. The zero-order chi connectivity index (χ0) is 5.82. The summed E-state index contributed by atoms with van der Waals surface area (Å²) in [5.41, 5.74) is 1.92. The van der Waals surface area contributed by atoms with Gasteiger partial charge < -0.3 is 0 Å². The fourth-order valence-electron chi connectivity index (χ4n) is 0.527. The molecule has 0 N–H and O–H groups in total. The van der Waals surface area contributed by atoms with E-state index >= 15 is 0 Å². The van der Waals surface area contributed by atoms with Crippen molar-refractivity contribution < 1.29 is 0 Å². The van der Waals surface area contributed by atoms with Crippen LogP contribution in [-0.4, -0.2) is 11.7 Å². The Labute approximate surface area is 53.1 Å². The first-order valence-electron chi connectivity index (χ1n) is 2.68. The van der Waals surface area contributed by atoms with Gasteiger partial charge in [-0.1, -0.05) is 6.92 Å². The smallest absolute Gasteiger partial charge is 0.0517 e. The van der Waals surface area contributed by atoms with E-state index in [-0.39, 0.29) is 0 Å². The molecule has 0 unspecified atom stereocenters. The van der Waals surface area contributed by atoms with Crippen molar-refractivity contribution in [2.45, 2.75) is 13.3 Å². The Morgan fingerprint density at radius 3 is 3.00 bits per heavy atom. The number of nitrogens with zero attached hydrogens (tertiary/aromatic N) is 1. The van der Waals surface area contributed by atoms with E-state index in [2.05, 4.69) is 18.0 Å². The SMILES string of the molecule is CCC1=CC=NC=[SH]1. The van der Waals surface area contributed by atoms with E-state index in [9.17, 15) is 0 Å². The average Bonchev–Trinajstić information content (AvgIpc) is 1.90. The number of hydrogen-bond acceptors (Lipinski definition) is 1. The number of thiol groups is 1. The number of hydrogen-bond donors (Lipinski definition) is 1. The summed E-state index contributed by atoms with van der Waals surface area (Å²) in [5, 5.41) is 0. The molecule has 0 amide bonds. The Balaban J connectivity index is 2.68. The van der Waals surface area contributed by atoms with Gasteiger partial charge in [0.2, 0.25) is 0 Å². The molecule has 44 valence electrons. The maximum Gasteiger partial charge on any atom is 0.0517 e. The Hall–Kier alpha value is -0.370. The second kappa shape index (κ2) is 2.82. The Bertz CT molecular complexity index is 156. The van der Waals surface area contributed by atoms with Gasteiger partial charge in [0.05, 0.1) is 5.49 Å². The molecule has 0 fully saturated rings. The zero-order valence-corrected chi connectivity index (χ0v) is 5.73. The topological polar surface area (TPSA) is 12.4 Å². The van der Waals surface area contributed by atoms with E-state index in [1.165, 1.54) is 16.3 Å². The van der Waals surface area contributed by atoms with E-state index in [1.54, 1.807) is 0 Å².